The maximum Gasteiger partial charge on any atom is 0.246 e. The highest BCUT2D eigenvalue weighted by molar-refractivity contribution is 7.89. The molecule has 0 radical (unpaired) electrons. The third kappa shape index (κ3) is 3.87. The van der Waals surface area contributed by atoms with E-state index < -0.39 is 16.1 Å². The third-order valence-electron chi connectivity index (χ3n) is 2.52. The van der Waals surface area contributed by atoms with Crippen molar-refractivity contribution in [3.8, 4) is 0 Å². The number of aromatic nitrogens is 1. The number of anilines is 1. The number of sulfonamides is 1. The fourth-order valence-electron chi connectivity index (χ4n) is 1.59. The summed E-state index contributed by atoms with van der Waals surface area (Å²) < 4.78 is 30.5. The molecule has 1 heterocycles. The Morgan fingerprint density at radius 1 is 1.58 bits per heavy atom. The normalized spacial score (nSPS) is 13.5. The second kappa shape index (κ2) is 6.80. The minimum absolute atomic E-state index is 0.0474. The Kier molecular flexibility index (Phi) is 5.67. The first-order valence-corrected chi connectivity index (χ1v) is 7.13. The second-order valence-corrected chi connectivity index (χ2v) is 6.01. The first kappa shape index (κ1) is 15.8. The molecule has 0 aliphatic carbocycles. The molecule has 1 aromatic heterocycles. The zero-order valence-electron chi connectivity index (χ0n) is 11.2. The van der Waals surface area contributed by atoms with Crippen LogP contribution in [0.15, 0.2) is 23.2 Å². The van der Waals surface area contributed by atoms with Gasteiger partial charge in [0.05, 0.1) is 12.7 Å². The van der Waals surface area contributed by atoms with Crippen LogP contribution in [0.4, 0.5) is 5.82 Å². The van der Waals surface area contributed by atoms with E-state index in [1.165, 1.54) is 26.4 Å². The van der Waals surface area contributed by atoms with Crippen molar-refractivity contribution in [3.63, 3.8) is 0 Å². The van der Waals surface area contributed by atoms with Gasteiger partial charge >= 0.3 is 0 Å². The number of hydrogen-bond acceptors (Lipinski definition) is 6. The summed E-state index contributed by atoms with van der Waals surface area (Å²) in [6, 6.07) is 3.01. The summed E-state index contributed by atoms with van der Waals surface area (Å²) in [7, 11) is 0.742. The topological polar surface area (TPSA) is 91.8 Å². The molecule has 108 valence electrons. The van der Waals surface area contributed by atoms with E-state index >= 15 is 0 Å². The van der Waals surface area contributed by atoms with Crippen LogP contribution in [-0.4, -0.2) is 63.3 Å². The van der Waals surface area contributed by atoms with Gasteiger partial charge in [-0.25, -0.2) is 13.4 Å². The number of nitrogens with zero attached hydrogens (tertiary/aromatic N) is 2. The molecule has 0 fully saturated rings. The van der Waals surface area contributed by atoms with E-state index in [9.17, 15) is 13.5 Å². The number of aliphatic hydroxyl groups excluding tert-OH is 1. The lowest BCUT2D eigenvalue weighted by molar-refractivity contribution is 0.0554. The number of nitrogens with one attached hydrogen (secondary N) is 1. The second-order valence-electron chi connectivity index (χ2n) is 3.99. The fraction of sp³-hybridized carbons (Fsp3) is 0.545. The van der Waals surface area contributed by atoms with Gasteiger partial charge in [0, 0.05) is 33.9 Å². The van der Waals surface area contributed by atoms with Crippen LogP contribution in [0.25, 0.3) is 0 Å². The molecule has 0 bridgehead atoms. The van der Waals surface area contributed by atoms with E-state index in [4.69, 9.17) is 4.74 Å². The van der Waals surface area contributed by atoms with Crippen LogP contribution < -0.4 is 5.32 Å². The van der Waals surface area contributed by atoms with Gasteiger partial charge in [0.1, 0.15) is 10.7 Å². The van der Waals surface area contributed by atoms with Gasteiger partial charge in [-0.05, 0) is 12.1 Å². The lowest BCUT2D eigenvalue weighted by Crippen LogP contribution is -2.36. The predicted octanol–water partition coefficient (Wildman–Crippen LogP) is -0.249. The van der Waals surface area contributed by atoms with Gasteiger partial charge in [-0.2, -0.15) is 4.31 Å². The fourth-order valence-corrected chi connectivity index (χ4v) is 2.95. The summed E-state index contributed by atoms with van der Waals surface area (Å²) >= 11 is 0. The Hall–Kier alpha value is -1.22. The van der Waals surface area contributed by atoms with Crippen molar-refractivity contribution in [2.24, 2.45) is 0 Å². The Morgan fingerprint density at radius 2 is 2.26 bits per heavy atom. The summed E-state index contributed by atoms with van der Waals surface area (Å²) in [6.07, 6.45) is 0.629. The first-order chi connectivity index (χ1) is 8.93. The molecular formula is C11H19N3O4S. The summed E-state index contributed by atoms with van der Waals surface area (Å²) in [5, 5.41) is 12.3. The van der Waals surface area contributed by atoms with Gasteiger partial charge in [-0.1, -0.05) is 0 Å². The lowest BCUT2D eigenvalue weighted by atomic mass is 10.4. The summed E-state index contributed by atoms with van der Waals surface area (Å²) in [5.74, 6) is 0.274. The number of rotatable bonds is 7. The van der Waals surface area contributed by atoms with Gasteiger partial charge in [0.2, 0.25) is 10.0 Å². The molecular weight excluding hydrogens is 270 g/mol. The Morgan fingerprint density at radius 3 is 2.84 bits per heavy atom. The number of methoxy groups -OCH3 is 1. The molecule has 19 heavy (non-hydrogen) atoms. The van der Waals surface area contributed by atoms with Crippen molar-refractivity contribution >= 4 is 15.8 Å². The lowest BCUT2D eigenvalue weighted by Gasteiger charge is -2.21. The van der Waals surface area contributed by atoms with Crippen LogP contribution in [0.3, 0.4) is 0 Å². The Balaban J connectivity index is 2.97. The van der Waals surface area contributed by atoms with Crippen molar-refractivity contribution in [2.75, 3.05) is 39.7 Å². The smallest absolute Gasteiger partial charge is 0.246 e. The SMILES string of the molecule is CNc1ncccc1S(=O)(=O)N(C)CC(O)COC. The average molecular weight is 289 g/mol. The minimum Gasteiger partial charge on any atom is -0.389 e. The molecule has 1 atom stereocenters. The molecule has 0 saturated carbocycles. The van der Waals surface area contributed by atoms with Gasteiger partial charge in [0.15, 0.2) is 0 Å². The molecule has 1 aromatic rings. The standard InChI is InChI=1S/C11H19N3O4S/c1-12-11-10(5-4-6-13-11)19(16,17)14(2)7-9(15)8-18-3/h4-6,9,15H,7-8H2,1-3H3,(H,12,13). The van der Waals surface area contributed by atoms with Crippen molar-refractivity contribution < 1.29 is 18.3 Å². The van der Waals surface area contributed by atoms with E-state index in [0.29, 0.717) is 0 Å². The summed E-state index contributed by atoms with van der Waals surface area (Å²) in [5.41, 5.74) is 0. The molecule has 7 nitrogen and oxygen atoms in total. The van der Waals surface area contributed by atoms with E-state index in [2.05, 4.69) is 10.3 Å². The maximum absolute atomic E-state index is 12.3. The average Bonchev–Trinajstić information content (AvgIpc) is 2.38. The van der Waals surface area contributed by atoms with Gasteiger partial charge < -0.3 is 15.2 Å². The molecule has 0 amide bonds. The summed E-state index contributed by atoms with van der Waals surface area (Å²) in [4.78, 5) is 4.03. The predicted molar refractivity (Wildman–Crippen MR) is 71.5 cm³/mol. The quantitative estimate of drug-likeness (QED) is 0.719. The van der Waals surface area contributed by atoms with Crippen LogP contribution in [-0.2, 0) is 14.8 Å². The highest BCUT2D eigenvalue weighted by Crippen LogP contribution is 2.21. The van der Waals surface area contributed by atoms with Gasteiger partial charge in [-0.3, -0.25) is 0 Å². The molecule has 0 aromatic carbocycles. The van der Waals surface area contributed by atoms with E-state index in [1.54, 1.807) is 13.1 Å². The molecule has 0 spiro atoms. The molecule has 2 N–H and O–H groups in total. The van der Waals surface area contributed by atoms with E-state index in [0.717, 1.165) is 4.31 Å². The summed E-state index contributed by atoms with van der Waals surface area (Å²) in [6.45, 7) is 0.0278. The van der Waals surface area contributed by atoms with Crippen LogP contribution in [0, 0.1) is 0 Å². The van der Waals surface area contributed by atoms with Crippen molar-refractivity contribution in [1.29, 1.82) is 0 Å². The monoisotopic (exact) mass is 289 g/mol. The Labute approximate surface area is 113 Å². The number of likely N-dealkylation sites (N-methyl/N-ethyl adjacent to an activating group) is 1. The zero-order chi connectivity index (χ0) is 14.5. The largest absolute Gasteiger partial charge is 0.389 e. The first-order valence-electron chi connectivity index (χ1n) is 5.69. The molecule has 0 saturated heterocycles. The van der Waals surface area contributed by atoms with Crippen LogP contribution in [0.1, 0.15) is 0 Å². The highest BCUT2D eigenvalue weighted by atomic mass is 32.2. The molecule has 0 aliphatic rings. The van der Waals surface area contributed by atoms with Crippen molar-refractivity contribution in [2.45, 2.75) is 11.0 Å². The van der Waals surface area contributed by atoms with Crippen LogP contribution >= 0.6 is 0 Å². The van der Waals surface area contributed by atoms with Crippen molar-refractivity contribution in [3.05, 3.63) is 18.3 Å². The molecule has 1 rings (SSSR count). The Bertz CT molecular complexity index is 506. The molecule has 8 heteroatoms. The minimum atomic E-state index is -3.70. The van der Waals surface area contributed by atoms with Gasteiger partial charge in [0.25, 0.3) is 0 Å². The van der Waals surface area contributed by atoms with Crippen LogP contribution in [0.5, 0.6) is 0 Å². The van der Waals surface area contributed by atoms with Crippen molar-refractivity contribution in [1.82, 2.24) is 9.29 Å². The number of ether oxygens (including phenoxy) is 1. The van der Waals surface area contributed by atoms with Crippen LogP contribution in [0.2, 0.25) is 0 Å². The molecule has 1 unspecified atom stereocenters. The maximum atomic E-state index is 12.3. The van der Waals surface area contributed by atoms with Gasteiger partial charge in [-0.15, -0.1) is 0 Å². The number of aliphatic hydroxyl groups is 1. The van der Waals surface area contributed by atoms with E-state index in [1.807, 2.05) is 0 Å². The number of hydrogen-bond donors (Lipinski definition) is 2. The number of pyridine rings is 1. The highest BCUT2D eigenvalue weighted by Gasteiger charge is 2.25. The zero-order valence-corrected chi connectivity index (χ0v) is 12.0. The third-order valence-corrected chi connectivity index (χ3v) is 4.38. The molecule has 0 aliphatic heterocycles. The van der Waals surface area contributed by atoms with E-state index in [-0.39, 0.29) is 23.9 Å².